The molecule has 1 aromatic rings. The molecule has 0 amide bonds. The zero-order valence-electron chi connectivity index (χ0n) is 10.1. The van der Waals surface area contributed by atoms with Crippen LogP contribution in [0.3, 0.4) is 0 Å². The zero-order valence-corrected chi connectivity index (χ0v) is 10.1. The Bertz CT molecular complexity index is 480. The van der Waals surface area contributed by atoms with Crippen LogP contribution in [0.2, 0.25) is 0 Å². The summed E-state index contributed by atoms with van der Waals surface area (Å²) in [4.78, 5) is 22.6. The molecule has 4 nitrogen and oxygen atoms in total. The molecular weight excluding hydrogens is 239 g/mol. The molecule has 0 fully saturated rings. The van der Waals surface area contributed by atoms with Gasteiger partial charge in [-0.25, -0.2) is 9.18 Å². The van der Waals surface area contributed by atoms with Crippen molar-refractivity contribution in [1.29, 1.82) is 0 Å². The summed E-state index contributed by atoms with van der Waals surface area (Å²) in [6, 6.07) is 5.92. The number of methoxy groups -OCH3 is 2. The minimum absolute atomic E-state index is 0.0365. The SMILES string of the molecule is COC(=O)CC(=Cc1ccccc1F)C(=O)OC. The highest BCUT2D eigenvalue weighted by Gasteiger charge is 2.15. The first kappa shape index (κ1) is 13.9. The van der Waals surface area contributed by atoms with Gasteiger partial charge in [-0.15, -0.1) is 0 Å². The molecule has 18 heavy (non-hydrogen) atoms. The summed E-state index contributed by atoms with van der Waals surface area (Å²) in [6.07, 6.45) is 1.01. The average molecular weight is 252 g/mol. The highest BCUT2D eigenvalue weighted by molar-refractivity contribution is 5.98. The van der Waals surface area contributed by atoms with Crippen molar-refractivity contribution in [2.24, 2.45) is 0 Å². The van der Waals surface area contributed by atoms with Crippen molar-refractivity contribution in [3.63, 3.8) is 0 Å². The number of hydrogen-bond acceptors (Lipinski definition) is 4. The van der Waals surface area contributed by atoms with Crippen LogP contribution in [-0.4, -0.2) is 26.2 Å². The van der Waals surface area contributed by atoms with Crippen LogP contribution >= 0.6 is 0 Å². The van der Waals surface area contributed by atoms with Gasteiger partial charge in [0, 0.05) is 11.1 Å². The van der Waals surface area contributed by atoms with Crippen molar-refractivity contribution in [1.82, 2.24) is 0 Å². The quantitative estimate of drug-likeness (QED) is 0.607. The maximum absolute atomic E-state index is 13.4. The Balaban J connectivity index is 3.06. The third-order valence-electron chi connectivity index (χ3n) is 2.24. The summed E-state index contributed by atoms with van der Waals surface area (Å²) in [6.45, 7) is 0. The van der Waals surface area contributed by atoms with Crippen LogP contribution in [0.25, 0.3) is 6.08 Å². The second-order valence-corrected chi connectivity index (χ2v) is 3.44. The molecule has 1 aromatic carbocycles. The predicted molar refractivity (Wildman–Crippen MR) is 63.0 cm³/mol. The number of ether oxygens (including phenoxy) is 2. The number of halogens is 1. The molecule has 1 rings (SSSR count). The standard InChI is InChI=1S/C13H13FO4/c1-17-12(15)8-10(13(16)18-2)7-9-5-3-4-6-11(9)14/h3-7H,8H2,1-2H3. The van der Waals surface area contributed by atoms with E-state index in [1.54, 1.807) is 6.07 Å². The average Bonchev–Trinajstić information content (AvgIpc) is 2.39. The van der Waals surface area contributed by atoms with Crippen LogP contribution < -0.4 is 0 Å². The molecule has 96 valence electrons. The van der Waals surface area contributed by atoms with E-state index in [1.807, 2.05) is 0 Å². The number of esters is 2. The highest BCUT2D eigenvalue weighted by Crippen LogP contribution is 2.15. The molecule has 0 saturated carbocycles. The molecular formula is C13H13FO4. The molecule has 0 unspecified atom stereocenters. The first-order valence-electron chi connectivity index (χ1n) is 5.18. The Morgan fingerprint density at radius 3 is 2.44 bits per heavy atom. The Kier molecular flexibility index (Phi) is 5.05. The predicted octanol–water partition coefficient (Wildman–Crippen LogP) is 1.95. The summed E-state index contributed by atoms with van der Waals surface area (Å²) in [7, 11) is 2.40. The third kappa shape index (κ3) is 3.69. The van der Waals surface area contributed by atoms with Crippen molar-refractivity contribution < 1.29 is 23.5 Å². The van der Waals surface area contributed by atoms with Crippen molar-refractivity contribution in [2.45, 2.75) is 6.42 Å². The first-order valence-corrected chi connectivity index (χ1v) is 5.18. The normalized spacial score (nSPS) is 10.9. The van der Waals surface area contributed by atoms with Gasteiger partial charge < -0.3 is 9.47 Å². The van der Waals surface area contributed by atoms with Crippen molar-refractivity contribution in [3.05, 3.63) is 41.2 Å². The zero-order chi connectivity index (χ0) is 13.5. The molecule has 0 heterocycles. The van der Waals surface area contributed by atoms with Gasteiger partial charge in [-0.2, -0.15) is 0 Å². The van der Waals surface area contributed by atoms with Crippen LogP contribution in [0.15, 0.2) is 29.8 Å². The smallest absolute Gasteiger partial charge is 0.334 e. The van der Waals surface area contributed by atoms with Crippen molar-refractivity contribution in [2.75, 3.05) is 14.2 Å². The lowest BCUT2D eigenvalue weighted by Crippen LogP contribution is -2.11. The fraction of sp³-hybridized carbons (Fsp3) is 0.231. The highest BCUT2D eigenvalue weighted by atomic mass is 19.1. The Hall–Kier alpha value is -2.17. The number of rotatable bonds is 4. The number of carbonyl (C=O) groups excluding carboxylic acids is 2. The lowest BCUT2D eigenvalue weighted by molar-refractivity contribution is -0.143. The number of benzene rings is 1. The maximum atomic E-state index is 13.4. The largest absolute Gasteiger partial charge is 0.469 e. The molecule has 0 aliphatic rings. The molecule has 0 aliphatic carbocycles. The number of carbonyl (C=O) groups is 2. The third-order valence-corrected chi connectivity index (χ3v) is 2.24. The van der Waals surface area contributed by atoms with Gasteiger partial charge in [0.1, 0.15) is 5.82 Å². The lowest BCUT2D eigenvalue weighted by Gasteiger charge is -2.05. The molecule has 0 aromatic heterocycles. The fourth-order valence-corrected chi connectivity index (χ4v) is 1.32. The van der Waals surface area contributed by atoms with E-state index in [0.29, 0.717) is 0 Å². The Morgan fingerprint density at radius 1 is 1.22 bits per heavy atom. The van der Waals surface area contributed by atoms with E-state index in [9.17, 15) is 14.0 Å². The van der Waals surface area contributed by atoms with Gasteiger partial charge in [-0.1, -0.05) is 18.2 Å². The van der Waals surface area contributed by atoms with E-state index in [1.165, 1.54) is 38.5 Å². The van der Waals surface area contributed by atoms with Crippen LogP contribution in [0, 0.1) is 5.82 Å². The van der Waals surface area contributed by atoms with E-state index >= 15 is 0 Å². The van der Waals surface area contributed by atoms with Crippen LogP contribution in [-0.2, 0) is 19.1 Å². The Labute approximate surface area is 104 Å². The van der Waals surface area contributed by atoms with E-state index in [0.717, 1.165) is 0 Å². The van der Waals surface area contributed by atoms with Crippen molar-refractivity contribution in [3.8, 4) is 0 Å². The van der Waals surface area contributed by atoms with E-state index in [4.69, 9.17) is 0 Å². The van der Waals surface area contributed by atoms with Crippen LogP contribution in [0.4, 0.5) is 4.39 Å². The molecule has 0 bridgehead atoms. The van der Waals surface area contributed by atoms with Crippen LogP contribution in [0.5, 0.6) is 0 Å². The van der Waals surface area contributed by atoms with Crippen LogP contribution in [0.1, 0.15) is 12.0 Å². The summed E-state index contributed by atoms with van der Waals surface area (Å²) >= 11 is 0. The van der Waals surface area contributed by atoms with E-state index in [2.05, 4.69) is 9.47 Å². The second-order valence-electron chi connectivity index (χ2n) is 3.44. The van der Waals surface area contributed by atoms with E-state index in [-0.39, 0.29) is 17.6 Å². The summed E-state index contributed by atoms with van der Waals surface area (Å²) in [5.41, 5.74) is 0.247. The van der Waals surface area contributed by atoms with Gasteiger partial charge in [-0.3, -0.25) is 4.79 Å². The minimum atomic E-state index is -0.691. The monoisotopic (exact) mass is 252 g/mol. The summed E-state index contributed by atoms with van der Waals surface area (Å²) < 4.78 is 22.4. The topological polar surface area (TPSA) is 52.6 Å². The second kappa shape index (κ2) is 6.54. The molecule has 0 radical (unpaired) electrons. The summed E-state index contributed by atoms with van der Waals surface area (Å²) in [5, 5.41) is 0. The fourth-order valence-electron chi connectivity index (χ4n) is 1.32. The number of hydrogen-bond donors (Lipinski definition) is 0. The van der Waals surface area contributed by atoms with E-state index < -0.39 is 17.8 Å². The van der Waals surface area contributed by atoms with Gasteiger partial charge in [0.05, 0.1) is 20.6 Å². The molecule has 0 N–H and O–H groups in total. The lowest BCUT2D eigenvalue weighted by atomic mass is 10.1. The molecule has 0 aliphatic heterocycles. The Morgan fingerprint density at radius 2 is 1.89 bits per heavy atom. The minimum Gasteiger partial charge on any atom is -0.469 e. The molecule has 0 spiro atoms. The first-order chi connectivity index (χ1) is 8.58. The van der Waals surface area contributed by atoms with Gasteiger partial charge in [0.2, 0.25) is 0 Å². The van der Waals surface area contributed by atoms with Crippen molar-refractivity contribution >= 4 is 18.0 Å². The van der Waals surface area contributed by atoms with Gasteiger partial charge in [-0.05, 0) is 12.1 Å². The van der Waals surface area contributed by atoms with Gasteiger partial charge in [0.15, 0.2) is 0 Å². The van der Waals surface area contributed by atoms with Gasteiger partial charge >= 0.3 is 11.9 Å². The maximum Gasteiger partial charge on any atom is 0.334 e. The summed E-state index contributed by atoms with van der Waals surface area (Å²) in [5.74, 6) is -1.77. The molecule has 0 saturated heterocycles. The van der Waals surface area contributed by atoms with Gasteiger partial charge in [0.25, 0.3) is 0 Å². The molecule has 0 atom stereocenters. The molecule has 5 heteroatoms.